The highest BCUT2D eigenvalue weighted by Crippen LogP contribution is 2.37. The first-order valence-corrected chi connectivity index (χ1v) is 6.62. The molecule has 0 aliphatic heterocycles. The summed E-state index contributed by atoms with van der Waals surface area (Å²) in [4.78, 5) is 0. The molecule has 1 aliphatic rings. The minimum Gasteiger partial charge on any atom is -0.251 e. The van der Waals surface area contributed by atoms with E-state index < -0.39 is 0 Å². The molecular formula is C10H15BrClN3. The van der Waals surface area contributed by atoms with Crippen molar-refractivity contribution < 1.29 is 0 Å². The van der Waals surface area contributed by atoms with E-state index in [1.807, 2.05) is 11.7 Å². The first kappa shape index (κ1) is 11.4. The van der Waals surface area contributed by atoms with Crippen LogP contribution in [0.5, 0.6) is 0 Å². The van der Waals surface area contributed by atoms with E-state index in [9.17, 15) is 0 Å². The Bertz CT molecular complexity index is 320. The van der Waals surface area contributed by atoms with E-state index in [0.717, 1.165) is 23.1 Å². The zero-order chi connectivity index (χ0) is 10.8. The molecule has 0 amide bonds. The number of halogens is 2. The minimum absolute atomic E-state index is 0.223. The van der Waals surface area contributed by atoms with Gasteiger partial charge >= 0.3 is 0 Å². The predicted molar refractivity (Wildman–Crippen MR) is 64.2 cm³/mol. The third-order valence-electron chi connectivity index (χ3n) is 3.11. The maximum Gasteiger partial charge on any atom is 0.151 e. The Labute approximate surface area is 103 Å². The van der Waals surface area contributed by atoms with Crippen LogP contribution in [0, 0.1) is 0 Å². The first-order chi connectivity index (χ1) is 7.20. The second-order valence-corrected chi connectivity index (χ2v) is 5.46. The van der Waals surface area contributed by atoms with Crippen LogP contribution in [0.4, 0.5) is 0 Å². The van der Waals surface area contributed by atoms with Crippen molar-refractivity contribution >= 4 is 27.5 Å². The van der Waals surface area contributed by atoms with E-state index >= 15 is 0 Å². The van der Waals surface area contributed by atoms with Crippen molar-refractivity contribution in [3.63, 3.8) is 0 Å². The molecule has 1 aliphatic carbocycles. The van der Waals surface area contributed by atoms with Crippen LogP contribution in [0.25, 0.3) is 0 Å². The molecule has 2 rings (SSSR count). The van der Waals surface area contributed by atoms with Crippen molar-refractivity contribution in [1.82, 2.24) is 15.0 Å². The normalized spacial score (nSPS) is 27.7. The van der Waals surface area contributed by atoms with E-state index in [2.05, 4.69) is 26.2 Å². The number of hydrogen-bond donors (Lipinski definition) is 0. The van der Waals surface area contributed by atoms with E-state index in [1.165, 1.54) is 19.3 Å². The zero-order valence-electron chi connectivity index (χ0n) is 8.79. The third kappa shape index (κ3) is 2.36. The van der Waals surface area contributed by atoms with Gasteiger partial charge in [0, 0.05) is 18.3 Å². The standard InChI is InChI=1S/C10H15BrClN3/c1-15-9(10(11)13-14-15)7-5-3-2-4-6-8(7)12/h7-8H,2-6H2,1H3. The highest BCUT2D eigenvalue weighted by Gasteiger charge is 2.28. The fourth-order valence-electron chi connectivity index (χ4n) is 2.30. The number of nitrogens with zero attached hydrogens (tertiary/aromatic N) is 3. The lowest BCUT2D eigenvalue weighted by molar-refractivity contribution is 0.543. The predicted octanol–water partition coefficient (Wildman–Crippen LogP) is 3.23. The molecule has 0 N–H and O–H groups in total. The number of aryl methyl sites for hydroxylation is 1. The maximum atomic E-state index is 6.43. The molecule has 3 nitrogen and oxygen atoms in total. The minimum atomic E-state index is 0.223. The SMILES string of the molecule is Cn1nnc(Br)c1C1CCCCCC1Cl. The summed E-state index contributed by atoms with van der Waals surface area (Å²) in [6, 6.07) is 0. The van der Waals surface area contributed by atoms with E-state index in [0.29, 0.717) is 5.92 Å². The van der Waals surface area contributed by atoms with Gasteiger partial charge < -0.3 is 0 Å². The summed E-state index contributed by atoms with van der Waals surface area (Å²) < 4.78 is 2.69. The summed E-state index contributed by atoms with van der Waals surface area (Å²) in [5, 5.41) is 8.27. The summed E-state index contributed by atoms with van der Waals surface area (Å²) in [6.45, 7) is 0. The van der Waals surface area contributed by atoms with Gasteiger partial charge in [-0.25, -0.2) is 0 Å². The van der Waals surface area contributed by atoms with Gasteiger partial charge in [-0.05, 0) is 28.8 Å². The fourth-order valence-corrected chi connectivity index (χ4v) is 3.32. The Morgan fingerprint density at radius 2 is 2.07 bits per heavy atom. The van der Waals surface area contributed by atoms with E-state index in [-0.39, 0.29) is 5.38 Å². The highest BCUT2D eigenvalue weighted by molar-refractivity contribution is 9.10. The van der Waals surface area contributed by atoms with Crippen LogP contribution in [-0.2, 0) is 7.05 Å². The van der Waals surface area contributed by atoms with Gasteiger partial charge in [-0.1, -0.05) is 24.5 Å². The number of aromatic nitrogens is 3. The van der Waals surface area contributed by atoms with Crippen LogP contribution < -0.4 is 0 Å². The largest absolute Gasteiger partial charge is 0.251 e. The Morgan fingerprint density at radius 3 is 2.73 bits per heavy atom. The highest BCUT2D eigenvalue weighted by atomic mass is 79.9. The lowest BCUT2D eigenvalue weighted by Crippen LogP contribution is -2.15. The van der Waals surface area contributed by atoms with Crippen LogP contribution in [0.1, 0.15) is 43.7 Å². The molecule has 0 spiro atoms. The Balaban J connectivity index is 2.27. The number of rotatable bonds is 1. The van der Waals surface area contributed by atoms with Crippen LogP contribution >= 0.6 is 27.5 Å². The number of hydrogen-bond acceptors (Lipinski definition) is 2. The van der Waals surface area contributed by atoms with Gasteiger partial charge in [0.25, 0.3) is 0 Å². The average molecular weight is 293 g/mol. The third-order valence-corrected chi connectivity index (χ3v) is 4.20. The summed E-state index contributed by atoms with van der Waals surface area (Å²) >= 11 is 9.89. The van der Waals surface area contributed by atoms with Crippen LogP contribution in [0.15, 0.2) is 4.60 Å². The zero-order valence-corrected chi connectivity index (χ0v) is 11.1. The maximum absolute atomic E-state index is 6.43. The molecule has 0 saturated heterocycles. The van der Waals surface area contributed by atoms with Crippen LogP contribution in [0.3, 0.4) is 0 Å². The lowest BCUT2D eigenvalue weighted by atomic mass is 9.96. The molecular weight excluding hydrogens is 277 g/mol. The molecule has 2 unspecified atom stereocenters. The molecule has 1 fully saturated rings. The summed E-state index contributed by atoms with van der Waals surface area (Å²) in [5.74, 6) is 0.392. The van der Waals surface area contributed by atoms with Gasteiger partial charge in [0.05, 0.1) is 5.69 Å². The molecule has 84 valence electrons. The van der Waals surface area contributed by atoms with Gasteiger partial charge in [-0.15, -0.1) is 16.7 Å². The second kappa shape index (κ2) is 4.83. The van der Waals surface area contributed by atoms with Crippen LogP contribution in [-0.4, -0.2) is 20.4 Å². The average Bonchev–Trinajstić information content (AvgIpc) is 2.42. The molecule has 0 radical (unpaired) electrons. The van der Waals surface area contributed by atoms with Gasteiger partial charge in [0.15, 0.2) is 4.60 Å². The molecule has 1 saturated carbocycles. The molecule has 15 heavy (non-hydrogen) atoms. The van der Waals surface area contributed by atoms with Crippen molar-refractivity contribution in [2.75, 3.05) is 0 Å². The Hall–Kier alpha value is -0.0900. The van der Waals surface area contributed by atoms with Crippen molar-refractivity contribution in [3.8, 4) is 0 Å². The van der Waals surface area contributed by atoms with Gasteiger partial charge in [-0.2, -0.15) is 0 Å². The Kier molecular flexibility index (Phi) is 3.67. The van der Waals surface area contributed by atoms with Gasteiger partial charge in [0.2, 0.25) is 0 Å². The molecule has 5 heteroatoms. The van der Waals surface area contributed by atoms with E-state index in [4.69, 9.17) is 11.6 Å². The molecule has 1 heterocycles. The fraction of sp³-hybridized carbons (Fsp3) is 0.800. The van der Waals surface area contributed by atoms with Crippen molar-refractivity contribution in [2.24, 2.45) is 7.05 Å². The van der Waals surface area contributed by atoms with Gasteiger partial charge in [-0.3, -0.25) is 4.68 Å². The second-order valence-electron chi connectivity index (χ2n) is 4.15. The molecule has 2 atom stereocenters. The summed E-state index contributed by atoms with van der Waals surface area (Å²) in [5.41, 5.74) is 1.15. The molecule has 1 aromatic heterocycles. The Morgan fingerprint density at radius 1 is 1.33 bits per heavy atom. The quantitative estimate of drug-likeness (QED) is 0.588. The van der Waals surface area contributed by atoms with Crippen LogP contribution in [0.2, 0.25) is 0 Å². The number of alkyl halides is 1. The van der Waals surface area contributed by atoms with Gasteiger partial charge in [0.1, 0.15) is 0 Å². The summed E-state index contributed by atoms with van der Waals surface area (Å²) in [7, 11) is 1.93. The first-order valence-electron chi connectivity index (χ1n) is 5.39. The lowest BCUT2D eigenvalue weighted by Gasteiger charge is -2.19. The van der Waals surface area contributed by atoms with Crippen molar-refractivity contribution in [2.45, 2.75) is 43.4 Å². The van der Waals surface area contributed by atoms with Crippen molar-refractivity contribution in [1.29, 1.82) is 0 Å². The van der Waals surface area contributed by atoms with Crippen molar-refractivity contribution in [3.05, 3.63) is 10.3 Å². The smallest absolute Gasteiger partial charge is 0.151 e. The molecule has 0 aromatic carbocycles. The molecule has 1 aromatic rings. The summed E-state index contributed by atoms with van der Waals surface area (Å²) in [6.07, 6.45) is 6.04. The van der Waals surface area contributed by atoms with E-state index in [1.54, 1.807) is 0 Å². The molecule has 0 bridgehead atoms. The monoisotopic (exact) mass is 291 g/mol. The topological polar surface area (TPSA) is 30.7 Å².